The van der Waals surface area contributed by atoms with Crippen molar-refractivity contribution in [3.8, 4) is 0 Å². The second-order valence-electron chi connectivity index (χ2n) is 3.37. The summed E-state index contributed by atoms with van der Waals surface area (Å²) >= 11 is 3.40. The van der Waals surface area contributed by atoms with E-state index in [4.69, 9.17) is 5.11 Å². The minimum atomic E-state index is -0.774. The van der Waals surface area contributed by atoms with Gasteiger partial charge in [-0.2, -0.15) is 0 Å². The molecule has 0 saturated carbocycles. The molecule has 3 nitrogen and oxygen atoms in total. The van der Waals surface area contributed by atoms with E-state index in [-0.39, 0.29) is 12.5 Å². The summed E-state index contributed by atoms with van der Waals surface area (Å²) in [4.78, 5) is 10.3. The summed E-state index contributed by atoms with van der Waals surface area (Å²) in [5, 5.41) is 11.6. The SMILES string of the molecule is C[C@@H](NCCC(=O)O)c1cccc(Br)c1. The summed E-state index contributed by atoms with van der Waals surface area (Å²) in [7, 11) is 0. The predicted octanol–water partition coefficient (Wildman–Crippen LogP) is 2.57. The lowest BCUT2D eigenvalue weighted by Gasteiger charge is -2.13. The number of halogens is 1. The van der Waals surface area contributed by atoms with Gasteiger partial charge in [0.1, 0.15) is 0 Å². The first-order valence-corrected chi connectivity index (χ1v) is 5.59. The number of hydrogen-bond donors (Lipinski definition) is 2. The number of rotatable bonds is 5. The lowest BCUT2D eigenvalue weighted by atomic mass is 10.1. The molecule has 1 rings (SSSR count). The van der Waals surface area contributed by atoms with Gasteiger partial charge in [-0.15, -0.1) is 0 Å². The molecule has 15 heavy (non-hydrogen) atoms. The molecule has 0 fully saturated rings. The van der Waals surface area contributed by atoms with Gasteiger partial charge in [0.25, 0.3) is 0 Å². The molecule has 0 aliphatic rings. The smallest absolute Gasteiger partial charge is 0.304 e. The Balaban J connectivity index is 2.46. The van der Waals surface area contributed by atoms with Crippen LogP contribution in [0.5, 0.6) is 0 Å². The van der Waals surface area contributed by atoms with Crippen LogP contribution in [0.4, 0.5) is 0 Å². The number of carbonyl (C=O) groups is 1. The summed E-state index contributed by atoms with van der Waals surface area (Å²) in [6.45, 7) is 2.51. The molecule has 1 aromatic carbocycles. The summed E-state index contributed by atoms with van der Waals surface area (Å²) in [5.41, 5.74) is 1.15. The van der Waals surface area contributed by atoms with Crippen LogP contribution < -0.4 is 5.32 Å². The van der Waals surface area contributed by atoms with Crippen LogP contribution in [-0.4, -0.2) is 17.6 Å². The zero-order valence-electron chi connectivity index (χ0n) is 8.53. The van der Waals surface area contributed by atoms with Crippen molar-refractivity contribution in [1.29, 1.82) is 0 Å². The highest BCUT2D eigenvalue weighted by Gasteiger charge is 2.05. The highest BCUT2D eigenvalue weighted by molar-refractivity contribution is 9.10. The Kier molecular flexibility index (Phi) is 4.78. The van der Waals surface area contributed by atoms with Crippen molar-refractivity contribution in [1.82, 2.24) is 5.32 Å². The monoisotopic (exact) mass is 271 g/mol. The highest BCUT2D eigenvalue weighted by atomic mass is 79.9. The molecular formula is C11H14BrNO2. The highest BCUT2D eigenvalue weighted by Crippen LogP contribution is 2.17. The van der Waals surface area contributed by atoms with Crippen LogP contribution in [0.15, 0.2) is 28.7 Å². The van der Waals surface area contributed by atoms with Crippen molar-refractivity contribution < 1.29 is 9.90 Å². The molecule has 1 aromatic rings. The molecule has 0 aliphatic carbocycles. The maximum atomic E-state index is 10.3. The number of carboxylic acid groups (broad SMARTS) is 1. The van der Waals surface area contributed by atoms with Gasteiger partial charge in [-0.3, -0.25) is 4.79 Å². The maximum absolute atomic E-state index is 10.3. The van der Waals surface area contributed by atoms with Gasteiger partial charge in [-0.25, -0.2) is 0 Å². The van der Waals surface area contributed by atoms with Gasteiger partial charge >= 0.3 is 5.97 Å². The minimum absolute atomic E-state index is 0.151. The number of benzene rings is 1. The number of carboxylic acids is 1. The average Bonchev–Trinajstić information content (AvgIpc) is 2.17. The quantitative estimate of drug-likeness (QED) is 0.866. The first-order valence-electron chi connectivity index (χ1n) is 4.80. The Bertz CT molecular complexity index is 341. The van der Waals surface area contributed by atoms with E-state index in [2.05, 4.69) is 21.2 Å². The Labute approximate surface area is 97.6 Å². The molecule has 0 radical (unpaired) electrons. The molecule has 0 bridgehead atoms. The molecular weight excluding hydrogens is 258 g/mol. The van der Waals surface area contributed by atoms with Gasteiger partial charge in [0, 0.05) is 17.1 Å². The second-order valence-corrected chi connectivity index (χ2v) is 4.29. The fraction of sp³-hybridized carbons (Fsp3) is 0.364. The van der Waals surface area contributed by atoms with Crippen LogP contribution in [0, 0.1) is 0 Å². The first kappa shape index (κ1) is 12.2. The Morgan fingerprint density at radius 3 is 2.93 bits per heavy atom. The van der Waals surface area contributed by atoms with Gasteiger partial charge in [0.2, 0.25) is 0 Å². The standard InChI is InChI=1S/C11H14BrNO2/c1-8(13-6-5-11(14)15)9-3-2-4-10(12)7-9/h2-4,7-8,13H,5-6H2,1H3,(H,14,15)/t8-/m1/s1. The van der Waals surface area contributed by atoms with Gasteiger partial charge < -0.3 is 10.4 Å². The number of nitrogens with one attached hydrogen (secondary N) is 1. The summed E-state index contributed by atoms with van der Waals surface area (Å²) in [5.74, 6) is -0.774. The van der Waals surface area contributed by atoms with E-state index in [1.54, 1.807) is 0 Å². The minimum Gasteiger partial charge on any atom is -0.481 e. The van der Waals surface area contributed by atoms with Crippen molar-refractivity contribution in [3.63, 3.8) is 0 Å². The van der Waals surface area contributed by atoms with Gasteiger partial charge in [0.05, 0.1) is 6.42 Å². The fourth-order valence-corrected chi connectivity index (χ4v) is 1.71. The average molecular weight is 272 g/mol. The fourth-order valence-electron chi connectivity index (χ4n) is 1.29. The van der Waals surface area contributed by atoms with Crippen molar-refractivity contribution in [3.05, 3.63) is 34.3 Å². The van der Waals surface area contributed by atoms with E-state index in [0.29, 0.717) is 6.54 Å². The molecule has 2 N–H and O–H groups in total. The molecule has 0 saturated heterocycles. The van der Waals surface area contributed by atoms with Crippen molar-refractivity contribution in [2.75, 3.05) is 6.54 Å². The zero-order valence-corrected chi connectivity index (χ0v) is 10.1. The largest absolute Gasteiger partial charge is 0.481 e. The van der Waals surface area contributed by atoms with Crippen LogP contribution in [0.1, 0.15) is 24.9 Å². The third-order valence-corrected chi connectivity index (χ3v) is 2.63. The van der Waals surface area contributed by atoms with E-state index in [9.17, 15) is 4.79 Å². The Morgan fingerprint density at radius 1 is 1.60 bits per heavy atom. The zero-order chi connectivity index (χ0) is 11.3. The lowest BCUT2D eigenvalue weighted by Crippen LogP contribution is -2.21. The van der Waals surface area contributed by atoms with Crippen molar-refractivity contribution in [2.24, 2.45) is 0 Å². The van der Waals surface area contributed by atoms with Gasteiger partial charge in [0.15, 0.2) is 0 Å². The molecule has 0 unspecified atom stereocenters. The predicted molar refractivity (Wildman–Crippen MR) is 62.8 cm³/mol. The topological polar surface area (TPSA) is 49.3 Å². The van der Waals surface area contributed by atoms with Gasteiger partial charge in [-0.1, -0.05) is 28.1 Å². The van der Waals surface area contributed by atoms with E-state index in [1.807, 2.05) is 31.2 Å². The molecule has 4 heteroatoms. The van der Waals surface area contributed by atoms with Crippen LogP contribution in [0.3, 0.4) is 0 Å². The van der Waals surface area contributed by atoms with Crippen LogP contribution in [0.25, 0.3) is 0 Å². The van der Waals surface area contributed by atoms with Crippen LogP contribution in [0.2, 0.25) is 0 Å². The lowest BCUT2D eigenvalue weighted by molar-refractivity contribution is -0.136. The molecule has 0 amide bonds. The van der Waals surface area contributed by atoms with E-state index in [1.165, 1.54) is 0 Å². The van der Waals surface area contributed by atoms with Crippen molar-refractivity contribution >= 4 is 21.9 Å². The van der Waals surface area contributed by atoms with Gasteiger partial charge in [-0.05, 0) is 24.6 Å². The Hall–Kier alpha value is -0.870. The molecule has 1 atom stereocenters. The van der Waals surface area contributed by atoms with E-state index in [0.717, 1.165) is 10.0 Å². The second kappa shape index (κ2) is 5.88. The van der Waals surface area contributed by atoms with Crippen LogP contribution >= 0.6 is 15.9 Å². The number of hydrogen-bond acceptors (Lipinski definition) is 2. The van der Waals surface area contributed by atoms with Crippen molar-refractivity contribution in [2.45, 2.75) is 19.4 Å². The first-order chi connectivity index (χ1) is 7.09. The normalized spacial score (nSPS) is 12.4. The number of aliphatic carboxylic acids is 1. The molecule has 82 valence electrons. The molecule has 0 heterocycles. The summed E-state index contributed by atoms with van der Waals surface area (Å²) in [6, 6.07) is 8.14. The molecule has 0 aliphatic heterocycles. The van der Waals surface area contributed by atoms with Crippen LogP contribution in [-0.2, 0) is 4.79 Å². The van der Waals surface area contributed by atoms with E-state index >= 15 is 0 Å². The third kappa shape index (κ3) is 4.44. The third-order valence-electron chi connectivity index (χ3n) is 2.14. The summed E-state index contributed by atoms with van der Waals surface area (Å²) < 4.78 is 1.03. The summed E-state index contributed by atoms with van der Waals surface area (Å²) in [6.07, 6.45) is 0.151. The van der Waals surface area contributed by atoms with E-state index < -0.39 is 5.97 Å². The Morgan fingerprint density at radius 2 is 2.33 bits per heavy atom. The maximum Gasteiger partial charge on any atom is 0.304 e. The molecule has 0 spiro atoms. The molecule has 0 aromatic heterocycles.